The van der Waals surface area contributed by atoms with E-state index >= 15 is 0 Å². The maximum absolute atomic E-state index is 13.3. The van der Waals surface area contributed by atoms with Gasteiger partial charge < -0.3 is 5.32 Å². The highest BCUT2D eigenvalue weighted by Gasteiger charge is 2.13. The first-order chi connectivity index (χ1) is 14.5. The van der Waals surface area contributed by atoms with E-state index in [1.54, 1.807) is 36.1 Å². The van der Waals surface area contributed by atoms with E-state index in [4.69, 9.17) is 9.97 Å². The van der Waals surface area contributed by atoms with Crippen LogP contribution in [0.1, 0.15) is 40.6 Å². The second-order valence-electron chi connectivity index (χ2n) is 7.06. The number of aromatic nitrogens is 5. The van der Waals surface area contributed by atoms with E-state index in [-0.39, 0.29) is 11.7 Å². The minimum Gasteiger partial charge on any atom is -0.331 e. The lowest BCUT2D eigenvalue weighted by molar-refractivity contribution is 0.624. The lowest BCUT2D eigenvalue weighted by Gasteiger charge is -2.13. The zero-order valence-electron chi connectivity index (χ0n) is 16.7. The summed E-state index contributed by atoms with van der Waals surface area (Å²) >= 11 is 1.57. The van der Waals surface area contributed by atoms with Crippen LogP contribution < -0.4 is 5.32 Å². The van der Waals surface area contributed by atoms with Crippen molar-refractivity contribution in [2.45, 2.75) is 32.6 Å². The van der Waals surface area contributed by atoms with Gasteiger partial charge in [-0.1, -0.05) is 19.1 Å². The van der Waals surface area contributed by atoms with Gasteiger partial charge in [-0.3, -0.25) is 9.97 Å². The van der Waals surface area contributed by atoms with Gasteiger partial charge in [0, 0.05) is 37.5 Å². The van der Waals surface area contributed by atoms with E-state index in [0.717, 1.165) is 32.8 Å². The Morgan fingerprint density at radius 3 is 2.57 bits per heavy atom. The van der Waals surface area contributed by atoms with Gasteiger partial charge in [-0.2, -0.15) is 0 Å². The van der Waals surface area contributed by atoms with Gasteiger partial charge in [0.15, 0.2) is 0 Å². The van der Waals surface area contributed by atoms with Crippen molar-refractivity contribution in [1.82, 2.24) is 24.9 Å². The third-order valence-corrected chi connectivity index (χ3v) is 5.43. The number of rotatable bonds is 7. The monoisotopic (exact) mass is 420 g/mol. The van der Waals surface area contributed by atoms with E-state index in [0.29, 0.717) is 18.7 Å². The molecule has 30 heavy (non-hydrogen) atoms. The first-order valence-electron chi connectivity index (χ1n) is 9.62. The Kier molecular flexibility index (Phi) is 6.04. The first kappa shape index (κ1) is 20.0. The van der Waals surface area contributed by atoms with Crippen molar-refractivity contribution in [3.63, 3.8) is 0 Å². The topological polar surface area (TPSA) is 76.5 Å². The predicted molar refractivity (Wildman–Crippen MR) is 116 cm³/mol. The molecule has 0 bridgehead atoms. The molecular weight excluding hydrogens is 399 g/mol. The Bertz CT molecular complexity index is 1110. The van der Waals surface area contributed by atoms with E-state index in [9.17, 15) is 4.39 Å². The molecule has 8 heteroatoms. The summed E-state index contributed by atoms with van der Waals surface area (Å²) in [6.07, 6.45) is 8.06. The van der Waals surface area contributed by atoms with Gasteiger partial charge in [-0.05, 0) is 30.5 Å². The number of aryl methyl sites for hydroxylation is 1. The summed E-state index contributed by atoms with van der Waals surface area (Å²) in [5.74, 6) is 1.35. The highest BCUT2D eigenvalue weighted by atomic mass is 32.1. The van der Waals surface area contributed by atoms with E-state index in [1.165, 1.54) is 12.1 Å². The van der Waals surface area contributed by atoms with Crippen LogP contribution in [0.3, 0.4) is 0 Å². The maximum Gasteiger partial charge on any atom is 0.134 e. The zero-order chi connectivity index (χ0) is 20.9. The summed E-state index contributed by atoms with van der Waals surface area (Å²) in [5.41, 5.74) is 2.75. The third-order valence-electron chi connectivity index (χ3n) is 4.60. The van der Waals surface area contributed by atoms with Crippen molar-refractivity contribution >= 4 is 22.2 Å². The summed E-state index contributed by atoms with van der Waals surface area (Å²) in [5, 5.41) is 5.24. The molecule has 3 aromatic heterocycles. The van der Waals surface area contributed by atoms with Crippen LogP contribution in [0.15, 0.2) is 55.1 Å². The Balaban J connectivity index is 1.61. The molecule has 0 saturated carbocycles. The van der Waals surface area contributed by atoms with E-state index in [1.807, 2.05) is 25.1 Å². The molecule has 4 rings (SSSR count). The minimum absolute atomic E-state index is 0.149. The Morgan fingerprint density at radius 2 is 1.87 bits per heavy atom. The van der Waals surface area contributed by atoms with Gasteiger partial charge in [-0.25, -0.2) is 19.3 Å². The van der Waals surface area contributed by atoms with Gasteiger partial charge in [0.2, 0.25) is 0 Å². The van der Waals surface area contributed by atoms with Crippen molar-refractivity contribution < 1.29 is 4.39 Å². The fraction of sp³-hybridized carbons (Fsp3) is 0.227. The van der Waals surface area contributed by atoms with Gasteiger partial charge in [-0.15, -0.1) is 11.3 Å². The van der Waals surface area contributed by atoms with Gasteiger partial charge in [0.25, 0.3) is 0 Å². The average Bonchev–Trinajstić information content (AvgIpc) is 3.13. The van der Waals surface area contributed by atoms with Crippen molar-refractivity contribution in [1.29, 1.82) is 0 Å². The van der Waals surface area contributed by atoms with Crippen molar-refractivity contribution in [2.75, 3.05) is 5.32 Å². The van der Waals surface area contributed by atoms with Crippen LogP contribution in [-0.4, -0.2) is 24.9 Å². The SMILES string of the molecule is Cc1ncc(Nc2cc(Cc3cnccn3)nc(C[C@@H](C)c3ccc(F)cc3)n2)s1. The van der Waals surface area contributed by atoms with Gasteiger partial charge in [0.1, 0.15) is 22.5 Å². The highest BCUT2D eigenvalue weighted by Crippen LogP contribution is 2.24. The second-order valence-corrected chi connectivity index (χ2v) is 8.29. The molecule has 1 N–H and O–H groups in total. The number of halogens is 1. The third kappa shape index (κ3) is 5.21. The molecule has 0 aliphatic heterocycles. The van der Waals surface area contributed by atoms with Crippen molar-refractivity contribution in [3.05, 3.63) is 88.7 Å². The molecule has 0 saturated heterocycles. The first-order valence-corrected chi connectivity index (χ1v) is 10.4. The van der Waals surface area contributed by atoms with Crippen LogP contribution >= 0.6 is 11.3 Å². The average molecular weight is 421 g/mol. The number of anilines is 2. The standard InChI is InChI=1S/C22H21FN6S/c1-14(16-3-5-17(23)6-4-16)9-20-27-18(10-19-12-24-7-8-25-19)11-21(28-20)29-22-13-26-15(2)30-22/h3-8,11-14H,9-10H2,1-2H3,(H,27,28,29)/t14-/m1/s1. The lowest BCUT2D eigenvalue weighted by Crippen LogP contribution is -2.08. The van der Waals surface area contributed by atoms with Crippen LogP contribution in [0.5, 0.6) is 0 Å². The highest BCUT2D eigenvalue weighted by molar-refractivity contribution is 7.15. The molecule has 3 heterocycles. The van der Waals surface area contributed by atoms with Crippen LogP contribution in [0.2, 0.25) is 0 Å². The molecule has 0 radical (unpaired) electrons. The number of nitrogens with zero attached hydrogens (tertiary/aromatic N) is 5. The summed E-state index contributed by atoms with van der Waals surface area (Å²) in [6, 6.07) is 8.51. The molecule has 0 fully saturated rings. The van der Waals surface area contributed by atoms with E-state index in [2.05, 4.69) is 27.2 Å². The molecular formula is C22H21FN6S. The summed E-state index contributed by atoms with van der Waals surface area (Å²) in [7, 11) is 0. The van der Waals surface area contributed by atoms with Crippen molar-refractivity contribution in [2.24, 2.45) is 0 Å². The molecule has 152 valence electrons. The van der Waals surface area contributed by atoms with Crippen molar-refractivity contribution in [3.8, 4) is 0 Å². The summed E-state index contributed by atoms with van der Waals surface area (Å²) < 4.78 is 13.3. The molecule has 0 unspecified atom stereocenters. The van der Waals surface area contributed by atoms with Gasteiger partial charge >= 0.3 is 0 Å². The number of thiazole rings is 1. The smallest absolute Gasteiger partial charge is 0.134 e. The zero-order valence-corrected chi connectivity index (χ0v) is 17.5. The van der Waals surface area contributed by atoms with Crippen LogP contribution in [0, 0.1) is 12.7 Å². The Hall–Kier alpha value is -3.26. The molecule has 0 spiro atoms. The fourth-order valence-corrected chi connectivity index (χ4v) is 3.82. The predicted octanol–water partition coefficient (Wildman–Crippen LogP) is 4.85. The number of nitrogens with one attached hydrogen (secondary N) is 1. The maximum atomic E-state index is 13.3. The second kappa shape index (κ2) is 9.04. The largest absolute Gasteiger partial charge is 0.331 e. The number of benzene rings is 1. The molecule has 0 amide bonds. The molecule has 4 aromatic rings. The Morgan fingerprint density at radius 1 is 1.03 bits per heavy atom. The van der Waals surface area contributed by atoms with Crippen LogP contribution in [-0.2, 0) is 12.8 Å². The summed E-state index contributed by atoms with van der Waals surface area (Å²) in [6.45, 7) is 4.05. The molecule has 0 aliphatic rings. The molecule has 1 aromatic carbocycles. The van der Waals surface area contributed by atoms with Crippen LogP contribution in [0.4, 0.5) is 15.2 Å². The number of hydrogen-bond acceptors (Lipinski definition) is 7. The fourth-order valence-electron chi connectivity index (χ4n) is 3.13. The van der Waals surface area contributed by atoms with E-state index < -0.39 is 0 Å². The normalized spacial score (nSPS) is 12.0. The summed E-state index contributed by atoms with van der Waals surface area (Å²) in [4.78, 5) is 22.2. The molecule has 0 aliphatic carbocycles. The molecule has 6 nitrogen and oxygen atoms in total. The Labute approximate surface area is 178 Å². The molecule has 1 atom stereocenters. The van der Waals surface area contributed by atoms with Crippen LogP contribution in [0.25, 0.3) is 0 Å². The lowest BCUT2D eigenvalue weighted by atomic mass is 9.97. The van der Waals surface area contributed by atoms with Gasteiger partial charge in [0.05, 0.1) is 22.6 Å². The quantitative estimate of drug-likeness (QED) is 0.460. The number of hydrogen-bond donors (Lipinski definition) is 1. The minimum atomic E-state index is -0.237.